The predicted molar refractivity (Wildman–Crippen MR) is 134 cm³/mol. The summed E-state index contributed by atoms with van der Waals surface area (Å²) in [6.45, 7) is 3.64. The molecular weight excluding hydrogens is 467 g/mol. The first-order valence-corrected chi connectivity index (χ1v) is 13.2. The molecule has 0 N–H and O–H groups in total. The number of hydrogen-bond donors (Lipinski definition) is 0. The van der Waals surface area contributed by atoms with Gasteiger partial charge in [0, 0.05) is 0 Å². The molecule has 33 heavy (non-hydrogen) atoms. The molecule has 2 atom stereocenters. The SMILES string of the molecule is CC(C(=O)[O][Al+][O]C(=O)C(C)c1sccc1-c1ccccc1)c1sccc1-c1ccccc1. The summed E-state index contributed by atoms with van der Waals surface area (Å²) < 4.78 is 10.8. The molecule has 4 rings (SSSR count). The predicted octanol–water partition coefficient (Wildman–Crippen LogP) is 6.67. The Kier molecular flexibility index (Phi) is 7.79. The Labute approximate surface area is 208 Å². The second-order valence-electron chi connectivity index (χ2n) is 7.54. The minimum absolute atomic E-state index is 0.383. The minimum atomic E-state index is -1.23. The van der Waals surface area contributed by atoms with Gasteiger partial charge >= 0.3 is 209 Å². The summed E-state index contributed by atoms with van der Waals surface area (Å²) >= 11 is 1.82. The molecule has 4 aromatic rings. The van der Waals surface area contributed by atoms with Crippen molar-refractivity contribution in [1.82, 2.24) is 0 Å². The summed E-state index contributed by atoms with van der Waals surface area (Å²) in [5, 5.41) is 3.95. The van der Waals surface area contributed by atoms with Crippen LogP contribution < -0.4 is 0 Å². The monoisotopic (exact) mass is 489 g/mol. The molecule has 0 saturated carbocycles. The van der Waals surface area contributed by atoms with E-state index in [0.717, 1.165) is 32.0 Å². The van der Waals surface area contributed by atoms with Crippen molar-refractivity contribution in [3.63, 3.8) is 0 Å². The van der Waals surface area contributed by atoms with Crippen molar-refractivity contribution in [3.8, 4) is 22.3 Å². The van der Waals surface area contributed by atoms with Crippen molar-refractivity contribution in [2.24, 2.45) is 0 Å². The first kappa shape index (κ1) is 23.5. The third-order valence-electron chi connectivity index (χ3n) is 5.38. The Morgan fingerprint density at radius 3 is 1.45 bits per heavy atom. The van der Waals surface area contributed by atoms with Gasteiger partial charge in [0.05, 0.1) is 0 Å². The third kappa shape index (κ3) is 5.46. The fraction of sp³-hybridized carbons (Fsp3) is 0.154. The van der Waals surface area contributed by atoms with Gasteiger partial charge in [-0.3, -0.25) is 0 Å². The van der Waals surface area contributed by atoms with Crippen molar-refractivity contribution in [2.45, 2.75) is 25.7 Å². The summed E-state index contributed by atoms with van der Waals surface area (Å²) in [5.74, 6) is -1.64. The molecule has 0 amide bonds. The van der Waals surface area contributed by atoms with Crippen LogP contribution in [0.1, 0.15) is 35.4 Å². The molecule has 0 aliphatic rings. The van der Waals surface area contributed by atoms with Crippen LogP contribution in [0.3, 0.4) is 0 Å². The Bertz CT molecular complexity index is 1120. The van der Waals surface area contributed by atoms with Gasteiger partial charge in [-0.15, -0.1) is 0 Å². The van der Waals surface area contributed by atoms with E-state index in [1.54, 1.807) is 0 Å². The molecule has 0 aliphatic heterocycles. The van der Waals surface area contributed by atoms with Gasteiger partial charge in [0.1, 0.15) is 0 Å². The molecule has 0 saturated heterocycles. The Balaban J connectivity index is 1.35. The number of carbonyl (C=O) groups excluding carboxylic acids is 2. The molecule has 2 unspecified atom stereocenters. The molecule has 0 spiro atoms. The average Bonchev–Trinajstić information content (AvgIpc) is 3.54. The van der Waals surface area contributed by atoms with Crippen molar-refractivity contribution < 1.29 is 17.2 Å². The van der Waals surface area contributed by atoms with E-state index in [0.29, 0.717) is 0 Å². The van der Waals surface area contributed by atoms with Crippen LogP contribution in [0.25, 0.3) is 22.3 Å². The van der Waals surface area contributed by atoms with Crippen LogP contribution in [-0.4, -0.2) is 27.8 Å². The van der Waals surface area contributed by atoms with E-state index in [1.807, 2.05) is 97.4 Å². The topological polar surface area (TPSA) is 52.6 Å². The van der Waals surface area contributed by atoms with Gasteiger partial charge < -0.3 is 0 Å². The molecule has 2 aromatic heterocycles. The van der Waals surface area contributed by atoms with Crippen LogP contribution in [0.4, 0.5) is 0 Å². The number of hydrogen-bond acceptors (Lipinski definition) is 6. The maximum absolute atomic E-state index is 12.7. The van der Waals surface area contributed by atoms with E-state index >= 15 is 0 Å². The van der Waals surface area contributed by atoms with Crippen molar-refractivity contribution >= 4 is 50.5 Å². The first-order valence-electron chi connectivity index (χ1n) is 10.5. The van der Waals surface area contributed by atoms with Gasteiger partial charge in [-0.1, -0.05) is 0 Å². The van der Waals surface area contributed by atoms with E-state index in [9.17, 15) is 9.59 Å². The van der Waals surface area contributed by atoms with E-state index < -0.39 is 27.7 Å². The maximum atomic E-state index is 12.7. The molecule has 0 bridgehead atoms. The second-order valence-corrected chi connectivity index (χ2v) is 10.1. The number of benzene rings is 2. The fourth-order valence-corrected chi connectivity index (χ4v) is 6.14. The second kappa shape index (κ2) is 11.0. The van der Waals surface area contributed by atoms with E-state index in [4.69, 9.17) is 7.58 Å². The summed E-state index contributed by atoms with van der Waals surface area (Å²) in [4.78, 5) is 27.2. The third-order valence-corrected chi connectivity index (χ3v) is 8.24. The Morgan fingerprint density at radius 1 is 0.667 bits per heavy atom. The van der Waals surface area contributed by atoms with Crippen molar-refractivity contribution in [3.05, 3.63) is 93.3 Å². The average molecular weight is 490 g/mol. The molecule has 0 radical (unpaired) electrons. The van der Waals surface area contributed by atoms with Gasteiger partial charge in [0.2, 0.25) is 0 Å². The van der Waals surface area contributed by atoms with E-state index in [1.165, 1.54) is 22.7 Å². The zero-order valence-electron chi connectivity index (χ0n) is 18.3. The van der Waals surface area contributed by atoms with E-state index in [2.05, 4.69) is 0 Å². The quantitative estimate of drug-likeness (QED) is 0.259. The molecule has 4 nitrogen and oxygen atoms in total. The number of carbonyl (C=O) groups is 2. The van der Waals surface area contributed by atoms with Crippen LogP contribution in [0, 0.1) is 0 Å². The van der Waals surface area contributed by atoms with Crippen LogP contribution in [0.2, 0.25) is 0 Å². The van der Waals surface area contributed by atoms with E-state index in [-0.39, 0.29) is 11.9 Å². The molecule has 0 fully saturated rings. The number of thiophene rings is 2. The summed E-state index contributed by atoms with van der Waals surface area (Å²) in [5.41, 5.74) is 4.17. The molecule has 7 heteroatoms. The van der Waals surface area contributed by atoms with Crippen LogP contribution >= 0.6 is 22.7 Å². The normalized spacial score (nSPS) is 12.4. The van der Waals surface area contributed by atoms with Gasteiger partial charge in [-0.25, -0.2) is 0 Å². The number of rotatable bonds is 8. The summed E-state index contributed by atoms with van der Waals surface area (Å²) in [6, 6.07) is 23.9. The van der Waals surface area contributed by atoms with Crippen LogP contribution in [0.15, 0.2) is 83.6 Å². The van der Waals surface area contributed by atoms with Crippen LogP contribution in [-0.2, 0) is 17.2 Å². The molecule has 0 aliphatic carbocycles. The zero-order chi connectivity index (χ0) is 23.2. The van der Waals surface area contributed by atoms with Gasteiger partial charge in [-0.2, -0.15) is 0 Å². The van der Waals surface area contributed by atoms with Crippen molar-refractivity contribution in [1.29, 1.82) is 0 Å². The zero-order valence-corrected chi connectivity index (χ0v) is 21.1. The molecule has 2 aromatic carbocycles. The standard InChI is InChI=1S/2C13H12O2S.Al/c2*1-9(13(14)15)12-11(7-8-16-12)10-5-3-2-4-6-10;/h2*2-9H,1H3,(H,14,15);/q;;+3/p-2. The summed E-state index contributed by atoms with van der Waals surface area (Å²) in [6.07, 6.45) is 0. The van der Waals surface area contributed by atoms with Gasteiger partial charge in [0.25, 0.3) is 0 Å². The van der Waals surface area contributed by atoms with Gasteiger partial charge in [-0.05, 0) is 0 Å². The molecular formula is C26H22AlO4S2+. The molecule has 164 valence electrons. The Morgan fingerprint density at radius 2 is 1.06 bits per heavy atom. The fourth-order valence-electron chi connectivity index (χ4n) is 3.56. The summed E-state index contributed by atoms with van der Waals surface area (Å²) in [7, 11) is 0. The van der Waals surface area contributed by atoms with Crippen molar-refractivity contribution in [2.75, 3.05) is 0 Å². The Hall–Kier alpha value is -2.69. The first-order chi connectivity index (χ1) is 16.1. The molecule has 2 heterocycles. The van der Waals surface area contributed by atoms with Gasteiger partial charge in [0.15, 0.2) is 0 Å². The van der Waals surface area contributed by atoms with Crippen LogP contribution in [0.5, 0.6) is 0 Å².